The van der Waals surface area contributed by atoms with Gasteiger partial charge in [-0.05, 0) is 33.8 Å². The second-order valence-electron chi connectivity index (χ2n) is 5.07. The summed E-state index contributed by atoms with van der Waals surface area (Å²) in [5.41, 5.74) is 1.96. The van der Waals surface area contributed by atoms with Gasteiger partial charge in [-0.1, -0.05) is 0 Å². The van der Waals surface area contributed by atoms with E-state index in [1.54, 1.807) is 24.6 Å². The lowest BCUT2D eigenvalue weighted by Gasteiger charge is -2.16. The smallest absolute Gasteiger partial charge is 0.244 e. The van der Waals surface area contributed by atoms with Crippen molar-refractivity contribution >= 4 is 12.0 Å². The first-order chi connectivity index (χ1) is 8.20. The highest BCUT2D eigenvalue weighted by atomic mass is 16.3. The highest BCUT2D eigenvalue weighted by Crippen LogP contribution is 2.13. The first kappa shape index (κ1) is 14.4. The van der Waals surface area contributed by atoms with Crippen LogP contribution in [0.4, 0.5) is 0 Å². The summed E-state index contributed by atoms with van der Waals surface area (Å²) >= 11 is 0. The first-order valence-electron chi connectivity index (χ1n) is 5.89. The maximum atomic E-state index is 11.6. The monoisotopic (exact) mass is 251 g/mol. The van der Waals surface area contributed by atoms with E-state index >= 15 is 0 Å². The molecule has 0 saturated heterocycles. The van der Waals surface area contributed by atoms with Crippen LogP contribution in [0, 0.1) is 13.8 Å². The Morgan fingerprint density at radius 3 is 2.56 bits per heavy atom. The minimum atomic E-state index is -0.899. The molecule has 5 heteroatoms. The van der Waals surface area contributed by atoms with Crippen molar-refractivity contribution in [2.75, 3.05) is 6.54 Å². The standard InChI is InChI=1S/C13H21N3O2/c1-9-11(10(2)16(5)15-9)6-7-12(17)14-8-13(3,4)18/h6-7,18H,8H2,1-5H3,(H,14,17). The van der Waals surface area contributed by atoms with Crippen molar-refractivity contribution in [2.45, 2.75) is 33.3 Å². The SMILES string of the molecule is Cc1nn(C)c(C)c1C=CC(=O)NCC(C)(C)O. The minimum Gasteiger partial charge on any atom is -0.389 e. The molecule has 0 spiro atoms. The molecule has 1 aromatic rings. The van der Waals surface area contributed by atoms with Gasteiger partial charge in [-0.25, -0.2) is 0 Å². The summed E-state index contributed by atoms with van der Waals surface area (Å²) in [5, 5.41) is 16.4. The second-order valence-corrected chi connectivity index (χ2v) is 5.07. The van der Waals surface area contributed by atoms with E-state index in [1.807, 2.05) is 20.9 Å². The summed E-state index contributed by atoms with van der Waals surface area (Å²) in [6, 6.07) is 0. The Labute approximate surface area is 108 Å². The highest BCUT2D eigenvalue weighted by Gasteiger charge is 2.13. The summed E-state index contributed by atoms with van der Waals surface area (Å²) in [6.45, 7) is 7.37. The van der Waals surface area contributed by atoms with Crippen LogP contribution < -0.4 is 5.32 Å². The Morgan fingerprint density at radius 1 is 1.50 bits per heavy atom. The lowest BCUT2D eigenvalue weighted by Crippen LogP contribution is -2.37. The fraction of sp³-hybridized carbons (Fsp3) is 0.538. The second kappa shape index (κ2) is 5.35. The minimum absolute atomic E-state index is 0.222. The Balaban J connectivity index is 2.67. The Kier molecular flexibility index (Phi) is 4.29. The van der Waals surface area contributed by atoms with Crippen LogP contribution in [-0.4, -0.2) is 32.9 Å². The van der Waals surface area contributed by atoms with Gasteiger partial charge in [0.05, 0.1) is 11.3 Å². The molecule has 0 bridgehead atoms. The van der Waals surface area contributed by atoms with E-state index in [9.17, 15) is 9.90 Å². The van der Waals surface area contributed by atoms with Crippen LogP contribution in [0.25, 0.3) is 6.08 Å². The number of nitrogens with one attached hydrogen (secondary N) is 1. The maximum absolute atomic E-state index is 11.6. The fourth-order valence-electron chi connectivity index (χ4n) is 1.55. The molecule has 2 N–H and O–H groups in total. The largest absolute Gasteiger partial charge is 0.389 e. The van der Waals surface area contributed by atoms with E-state index in [2.05, 4.69) is 10.4 Å². The number of aromatic nitrogens is 2. The molecule has 1 aromatic heterocycles. The molecule has 0 aliphatic carbocycles. The molecule has 0 aliphatic heterocycles. The van der Waals surface area contributed by atoms with E-state index in [0.717, 1.165) is 17.0 Å². The average molecular weight is 251 g/mol. The van der Waals surface area contributed by atoms with Gasteiger partial charge < -0.3 is 10.4 Å². The van der Waals surface area contributed by atoms with Gasteiger partial charge in [0, 0.05) is 30.9 Å². The van der Waals surface area contributed by atoms with Crippen molar-refractivity contribution in [1.29, 1.82) is 0 Å². The molecule has 0 aliphatic rings. The number of carbonyl (C=O) groups excluding carboxylic acids is 1. The van der Waals surface area contributed by atoms with Crippen LogP contribution >= 0.6 is 0 Å². The number of aliphatic hydroxyl groups is 1. The predicted octanol–water partition coefficient (Wildman–Crippen LogP) is 0.937. The highest BCUT2D eigenvalue weighted by molar-refractivity contribution is 5.92. The topological polar surface area (TPSA) is 67.2 Å². The zero-order valence-electron chi connectivity index (χ0n) is 11.6. The Hall–Kier alpha value is -1.62. The van der Waals surface area contributed by atoms with Gasteiger partial charge in [0.15, 0.2) is 0 Å². The Morgan fingerprint density at radius 2 is 2.11 bits per heavy atom. The van der Waals surface area contributed by atoms with Gasteiger partial charge >= 0.3 is 0 Å². The van der Waals surface area contributed by atoms with Gasteiger partial charge in [0.2, 0.25) is 5.91 Å². The molecular formula is C13H21N3O2. The average Bonchev–Trinajstić information content (AvgIpc) is 2.47. The van der Waals surface area contributed by atoms with Crippen molar-refractivity contribution in [3.8, 4) is 0 Å². The zero-order valence-corrected chi connectivity index (χ0v) is 11.6. The summed E-state index contributed by atoms with van der Waals surface area (Å²) in [5.74, 6) is -0.222. The molecule has 0 fully saturated rings. The first-order valence-corrected chi connectivity index (χ1v) is 5.89. The normalized spacial score (nSPS) is 12.1. The van der Waals surface area contributed by atoms with Crippen LogP contribution in [0.5, 0.6) is 0 Å². The van der Waals surface area contributed by atoms with Crippen LogP contribution in [0.1, 0.15) is 30.8 Å². The molecule has 0 aromatic carbocycles. The van der Waals surface area contributed by atoms with E-state index in [0.29, 0.717) is 0 Å². The number of nitrogens with zero attached hydrogens (tertiary/aromatic N) is 2. The fourth-order valence-corrected chi connectivity index (χ4v) is 1.55. The van der Waals surface area contributed by atoms with Gasteiger partial charge in [0.25, 0.3) is 0 Å². The van der Waals surface area contributed by atoms with Crippen LogP contribution in [0.2, 0.25) is 0 Å². The van der Waals surface area contributed by atoms with Crippen molar-refractivity contribution in [1.82, 2.24) is 15.1 Å². The third-order valence-electron chi connectivity index (χ3n) is 2.66. The molecule has 0 unspecified atom stereocenters. The van der Waals surface area contributed by atoms with Crippen molar-refractivity contribution in [2.24, 2.45) is 7.05 Å². The molecule has 100 valence electrons. The molecule has 0 saturated carbocycles. The summed E-state index contributed by atoms with van der Waals surface area (Å²) < 4.78 is 1.78. The van der Waals surface area contributed by atoms with Crippen molar-refractivity contribution in [3.05, 3.63) is 23.0 Å². The maximum Gasteiger partial charge on any atom is 0.244 e. The zero-order chi connectivity index (χ0) is 13.9. The summed E-state index contributed by atoms with van der Waals surface area (Å²) in [4.78, 5) is 11.6. The van der Waals surface area contributed by atoms with Crippen molar-refractivity contribution in [3.63, 3.8) is 0 Å². The number of hydrogen-bond acceptors (Lipinski definition) is 3. The molecule has 1 rings (SSSR count). The quantitative estimate of drug-likeness (QED) is 0.783. The number of amides is 1. The number of carbonyl (C=O) groups is 1. The molecule has 5 nitrogen and oxygen atoms in total. The third kappa shape index (κ3) is 4.00. The molecule has 1 amide bonds. The molecule has 1 heterocycles. The third-order valence-corrected chi connectivity index (χ3v) is 2.66. The van der Waals surface area contributed by atoms with Crippen LogP contribution in [0.15, 0.2) is 6.08 Å². The number of hydrogen-bond donors (Lipinski definition) is 2. The number of rotatable bonds is 4. The van der Waals surface area contributed by atoms with Gasteiger partial charge in [-0.3, -0.25) is 9.48 Å². The molecule has 0 atom stereocenters. The van der Waals surface area contributed by atoms with E-state index < -0.39 is 5.60 Å². The van der Waals surface area contributed by atoms with E-state index in [4.69, 9.17) is 0 Å². The summed E-state index contributed by atoms with van der Waals surface area (Å²) in [6.07, 6.45) is 3.21. The van der Waals surface area contributed by atoms with Gasteiger partial charge in [0.1, 0.15) is 0 Å². The van der Waals surface area contributed by atoms with E-state index in [-0.39, 0.29) is 12.5 Å². The number of aryl methyl sites for hydroxylation is 2. The molecular weight excluding hydrogens is 230 g/mol. The molecule has 0 radical (unpaired) electrons. The lowest BCUT2D eigenvalue weighted by molar-refractivity contribution is -0.117. The predicted molar refractivity (Wildman–Crippen MR) is 71.0 cm³/mol. The Bertz CT molecular complexity index is 467. The molecule has 18 heavy (non-hydrogen) atoms. The van der Waals surface area contributed by atoms with Gasteiger partial charge in [-0.2, -0.15) is 5.10 Å². The van der Waals surface area contributed by atoms with E-state index in [1.165, 1.54) is 6.08 Å². The van der Waals surface area contributed by atoms with Crippen molar-refractivity contribution < 1.29 is 9.90 Å². The van der Waals surface area contributed by atoms with Crippen LogP contribution in [-0.2, 0) is 11.8 Å². The lowest BCUT2D eigenvalue weighted by atomic mass is 10.1. The summed E-state index contributed by atoms with van der Waals surface area (Å²) in [7, 11) is 1.87. The van der Waals surface area contributed by atoms with Crippen LogP contribution in [0.3, 0.4) is 0 Å². The van der Waals surface area contributed by atoms with Gasteiger partial charge in [-0.15, -0.1) is 0 Å².